The molecule has 5 heteroatoms. The summed E-state index contributed by atoms with van der Waals surface area (Å²) in [5.41, 5.74) is -0.567. The number of ether oxygens (including phenoxy) is 1. The second-order valence-corrected chi connectivity index (χ2v) is 6.73. The Kier molecular flexibility index (Phi) is 4.49. The van der Waals surface area contributed by atoms with Gasteiger partial charge in [0.25, 0.3) is 0 Å². The second-order valence-electron chi connectivity index (χ2n) is 6.73. The Labute approximate surface area is 120 Å². The molecule has 114 valence electrons. The van der Waals surface area contributed by atoms with Crippen molar-refractivity contribution in [1.82, 2.24) is 10.1 Å². The highest BCUT2D eigenvalue weighted by molar-refractivity contribution is 5.05. The van der Waals surface area contributed by atoms with E-state index in [1.165, 1.54) is 0 Å². The molecule has 1 aliphatic rings. The van der Waals surface area contributed by atoms with Crippen LogP contribution in [0.25, 0.3) is 0 Å². The fourth-order valence-corrected chi connectivity index (χ4v) is 2.65. The summed E-state index contributed by atoms with van der Waals surface area (Å²) in [5, 5.41) is 14.2. The van der Waals surface area contributed by atoms with E-state index in [1.807, 2.05) is 27.7 Å². The van der Waals surface area contributed by atoms with Gasteiger partial charge in [0.2, 0.25) is 11.7 Å². The van der Waals surface area contributed by atoms with Gasteiger partial charge in [0, 0.05) is 6.61 Å². The maximum absolute atomic E-state index is 10.1. The topological polar surface area (TPSA) is 68.4 Å². The third kappa shape index (κ3) is 3.20. The largest absolute Gasteiger partial charge is 0.392 e. The Morgan fingerprint density at radius 2 is 2.00 bits per heavy atom. The first kappa shape index (κ1) is 15.4. The maximum atomic E-state index is 10.1. The molecule has 1 aromatic heterocycles. The summed E-state index contributed by atoms with van der Waals surface area (Å²) in [7, 11) is 0. The standard InChI is InChI=1S/C15H26N2O3/c1-5-19-15(8-6-7-9-15)13-16-12(20-17-13)10-11(18)14(2,3)4/h11,18H,5-10H2,1-4H3. The smallest absolute Gasteiger partial charge is 0.229 e. The monoisotopic (exact) mass is 282 g/mol. The lowest BCUT2D eigenvalue weighted by atomic mass is 9.87. The minimum absolute atomic E-state index is 0.195. The molecule has 0 saturated heterocycles. The van der Waals surface area contributed by atoms with E-state index in [-0.39, 0.29) is 11.0 Å². The highest BCUT2D eigenvalue weighted by Crippen LogP contribution is 2.40. The van der Waals surface area contributed by atoms with Gasteiger partial charge in [-0.25, -0.2) is 0 Å². The van der Waals surface area contributed by atoms with Crippen LogP contribution in [0.1, 0.15) is 65.1 Å². The van der Waals surface area contributed by atoms with Gasteiger partial charge in [-0.15, -0.1) is 0 Å². The van der Waals surface area contributed by atoms with Crippen molar-refractivity contribution in [1.29, 1.82) is 0 Å². The van der Waals surface area contributed by atoms with Crippen LogP contribution in [-0.2, 0) is 16.8 Å². The summed E-state index contributed by atoms with van der Waals surface area (Å²) in [6.07, 6.45) is 4.05. The van der Waals surface area contributed by atoms with Gasteiger partial charge >= 0.3 is 0 Å². The summed E-state index contributed by atoms with van der Waals surface area (Å²) >= 11 is 0. The molecular formula is C15H26N2O3. The van der Waals surface area contributed by atoms with Crippen LogP contribution in [0.5, 0.6) is 0 Å². The van der Waals surface area contributed by atoms with Gasteiger partial charge in [-0.05, 0) is 38.0 Å². The Morgan fingerprint density at radius 1 is 1.35 bits per heavy atom. The third-order valence-electron chi connectivity index (χ3n) is 4.08. The van der Waals surface area contributed by atoms with E-state index in [0.717, 1.165) is 25.7 Å². The maximum Gasteiger partial charge on any atom is 0.229 e. The van der Waals surface area contributed by atoms with Crippen LogP contribution in [0, 0.1) is 5.41 Å². The SMILES string of the molecule is CCOC1(c2noc(CC(O)C(C)(C)C)n2)CCCC1. The highest BCUT2D eigenvalue weighted by Gasteiger charge is 2.41. The van der Waals surface area contributed by atoms with Gasteiger partial charge in [0.15, 0.2) is 0 Å². The van der Waals surface area contributed by atoms with Crippen molar-refractivity contribution in [2.45, 2.75) is 71.5 Å². The fourth-order valence-electron chi connectivity index (χ4n) is 2.65. The lowest BCUT2D eigenvalue weighted by Gasteiger charge is -2.25. The zero-order valence-corrected chi connectivity index (χ0v) is 13.0. The van der Waals surface area contributed by atoms with E-state index in [4.69, 9.17) is 9.26 Å². The molecule has 0 amide bonds. The molecule has 0 spiro atoms. The summed E-state index contributed by atoms with van der Waals surface area (Å²) in [6.45, 7) is 8.62. The first-order chi connectivity index (χ1) is 9.37. The summed E-state index contributed by atoms with van der Waals surface area (Å²) in [4.78, 5) is 4.47. The van der Waals surface area contributed by atoms with Crippen LogP contribution in [0.2, 0.25) is 0 Å². The molecule has 2 rings (SSSR count). The molecule has 1 N–H and O–H groups in total. The quantitative estimate of drug-likeness (QED) is 0.899. The third-order valence-corrected chi connectivity index (χ3v) is 4.08. The van der Waals surface area contributed by atoms with Crippen molar-refractivity contribution in [3.8, 4) is 0 Å². The van der Waals surface area contributed by atoms with Crippen LogP contribution in [-0.4, -0.2) is 28.0 Å². The molecule has 5 nitrogen and oxygen atoms in total. The molecule has 0 aliphatic heterocycles. The normalized spacial score (nSPS) is 20.2. The minimum Gasteiger partial charge on any atom is -0.392 e. The first-order valence-corrected chi connectivity index (χ1v) is 7.52. The van der Waals surface area contributed by atoms with Crippen LogP contribution in [0.3, 0.4) is 0 Å². The first-order valence-electron chi connectivity index (χ1n) is 7.52. The van der Waals surface area contributed by atoms with Crippen LogP contribution < -0.4 is 0 Å². The van der Waals surface area contributed by atoms with E-state index < -0.39 is 6.10 Å². The average molecular weight is 282 g/mol. The zero-order valence-electron chi connectivity index (χ0n) is 13.0. The summed E-state index contributed by atoms with van der Waals surface area (Å²) in [5.74, 6) is 1.14. The van der Waals surface area contributed by atoms with Crippen LogP contribution >= 0.6 is 0 Å². The number of aliphatic hydroxyl groups excluding tert-OH is 1. The van der Waals surface area contributed by atoms with Crippen molar-refractivity contribution in [3.63, 3.8) is 0 Å². The molecule has 1 heterocycles. The van der Waals surface area contributed by atoms with E-state index in [9.17, 15) is 5.11 Å². The number of aromatic nitrogens is 2. The number of hydrogen-bond donors (Lipinski definition) is 1. The number of hydrogen-bond acceptors (Lipinski definition) is 5. The molecule has 0 aromatic carbocycles. The van der Waals surface area contributed by atoms with Gasteiger partial charge in [0.1, 0.15) is 5.60 Å². The van der Waals surface area contributed by atoms with E-state index in [2.05, 4.69) is 10.1 Å². The van der Waals surface area contributed by atoms with Crippen molar-refractivity contribution in [3.05, 3.63) is 11.7 Å². The molecule has 20 heavy (non-hydrogen) atoms. The molecule has 1 atom stereocenters. The molecule has 1 aliphatic carbocycles. The molecule has 0 bridgehead atoms. The second kappa shape index (κ2) is 5.82. The van der Waals surface area contributed by atoms with Gasteiger partial charge in [0.05, 0.1) is 12.5 Å². The van der Waals surface area contributed by atoms with E-state index >= 15 is 0 Å². The minimum atomic E-state index is -0.498. The van der Waals surface area contributed by atoms with Crippen molar-refractivity contribution >= 4 is 0 Å². The van der Waals surface area contributed by atoms with Crippen molar-refractivity contribution < 1.29 is 14.4 Å². The van der Waals surface area contributed by atoms with Gasteiger partial charge < -0.3 is 14.4 Å². The summed E-state index contributed by atoms with van der Waals surface area (Å²) in [6, 6.07) is 0. The van der Waals surface area contributed by atoms with Crippen molar-refractivity contribution in [2.75, 3.05) is 6.61 Å². The molecule has 1 fully saturated rings. The molecular weight excluding hydrogens is 256 g/mol. The van der Waals surface area contributed by atoms with E-state index in [0.29, 0.717) is 24.7 Å². The van der Waals surface area contributed by atoms with Crippen LogP contribution in [0.4, 0.5) is 0 Å². The van der Waals surface area contributed by atoms with Crippen LogP contribution in [0.15, 0.2) is 4.52 Å². The van der Waals surface area contributed by atoms with Crippen molar-refractivity contribution in [2.24, 2.45) is 5.41 Å². The Hall–Kier alpha value is -0.940. The zero-order chi connectivity index (χ0) is 14.8. The number of nitrogens with zero attached hydrogens (tertiary/aromatic N) is 2. The number of aliphatic hydroxyl groups is 1. The van der Waals surface area contributed by atoms with Gasteiger partial charge in [-0.1, -0.05) is 25.9 Å². The Balaban J connectivity index is 2.12. The van der Waals surface area contributed by atoms with E-state index in [1.54, 1.807) is 0 Å². The van der Waals surface area contributed by atoms with Gasteiger partial charge in [-0.2, -0.15) is 4.98 Å². The predicted molar refractivity (Wildman–Crippen MR) is 75.2 cm³/mol. The number of rotatable bonds is 5. The average Bonchev–Trinajstić information content (AvgIpc) is 2.98. The highest BCUT2D eigenvalue weighted by atomic mass is 16.5. The lowest BCUT2D eigenvalue weighted by molar-refractivity contribution is -0.0469. The molecule has 0 radical (unpaired) electrons. The Morgan fingerprint density at radius 3 is 2.55 bits per heavy atom. The van der Waals surface area contributed by atoms with Gasteiger partial charge in [-0.3, -0.25) is 0 Å². The fraction of sp³-hybridized carbons (Fsp3) is 0.867. The summed E-state index contributed by atoms with van der Waals surface area (Å²) < 4.78 is 11.2. The lowest BCUT2D eigenvalue weighted by Crippen LogP contribution is -2.29. The molecule has 1 unspecified atom stereocenters. The molecule has 1 saturated carbocycles. The predicted octanol–water partition coefficient (Wildman–Crippen LogP) is 2.82. The molecule has 1 aromatic rings. The Bertz CT molecular complexity index is 431.